The molecule has 0 amide bonds. The molecule has 0 spiro atoms. The highest BCUT2D eigenvalue weighted by atomic mass is 31.2. The van der Waals surface area contributed by atoms with Crippen molar-refractivity contribution in [2.45, 2.75) is 6.18 Å². The van der Waals surface area contributed by atoms with Crippen molar-refractivity contribution in [2.75, 3.05) is 6.61 Å². The third kappa shape index (κ3) is 3.54. The third-order valence-electron chi connectivity index (χ3n) is 2.75. The molecular formula is C14H10F5O2P. The summed E-state index contributed by atoms with van der Waals surface area (Å²) in [6.45, 7) is -1.88. The zero-order chi connectivity index (χ0) is 16.4. The van der Waals surface area contributed by atoms with E-state index in [-0.39, 0.29) is 0 Å². The molecule has 8 heteroatoms. The SMILES string of the molecule is O=P(OCC(F)(F)F)(c1ccccc1F)c1ccccc1F. The highest BCUT2D eigenvalue weighted by Crippen LogP contribution is 2.47. The minimum Gasteiger partial charge on any atom is -0.312 e. The maximum absolute atomic E-state index is 13.9. The van der Waals surface area contributed by atoms with E-state index in [0.29, 0.717) is 0 Å². The molecule has 0 heterocycles. The van der Waals surface area contributed by atoms with Gasteiger partial charge in [-0.15, -0.1) is 0 Å². The molecule has 0 bridgehead atoms. The molecule has 0 fully saturated rings. The second kappa shape index (κ2) is 6.18. The van der Waals surface area contributed by atoms with Crippen LogP contribution in [0.2, 0.25) is 0 Å². The van der Waals surface area contributed by atoms with Crippen LogP contribution in [-0.2, 0) is 9.09 Å². The smallest absolute Gasteiger partial charge is 0.312 e. The van der Waals surface area contributed by atoms with E-state index in [1.165, 1.54) is 24.3 Å². The maximum Gasteiger partial charge on any atom is 0.412 e. The Morgan fingerprint density at radius 3 is 1.64 bits per heavy atom. The van der Waals surface area contributed by atoms with Gasteiger partial charge in [-0.05, 0) is 24.3 Å². The van der Waals surface area contributed by atoms with Gasteiger partial charge < -0.3 is 4.52 Å². The van der Waals surface area contributed by atoms with Crippen molar-refractivity contribution in [2.24, 2.45) is 0 Å². The quantitative estimate of drug-likeness (QED) is 0.628. The van der Waals surface area contributed by atoms with E-state index in [2.05, 4.69) is 4.52 Å². The first-order valence-corrected chi connectivity index (χ1v) is 7.68. The standard InChI is InChI=1S/C14H10F5O2P/c15-10-5-1-3-7-12(10)22(20,21-9-14(17,18)19)13-8-4-2-6-11(13)16/h1-8H,9H2. The summed E-state index contributed by atoms with van der Waals surface area (Å²) in [6.07, 6.45) is -4.79. The zero-order valence-electron chi connectivity index (χ0n) is 11.0. The molecule has 0 aromatic heterocycles. The lowest BCUT2D eigenvalue weighted by Gasteiger charge is -2.21. The van der Waals surface area contributed by atoms with Crippen LogP contribution in [0.25, 0.3) is 0 Å². The lowest BCUT2D eigenvalue weighted by Crippen LogP contribution is -2.27. The summed E-state index contributed by atoms with van der Waals surface area (Å²) < 4.78 is 82.3. The van der Waals surface area contributed by atoms with Crippen LogP contribution in [0.4, 0.5) is 22.0 Å². The molecule has 0 aliphatic carbocycles. The Kier molecular flexibility index (Phi) is 4.68. The number of rotatable bonds is 4. The molecule has 2 rings (SSSR count). The Hall–Kier alpha value is -1.72. The van der Waals surface area contributed by atoms with Crippen molar-refractivity contribution in [3.63, 3.8) is 0 Å². The number of alkyl halides is 3. The highest BCUT2D eigenvalue weighted by Gasteiger charge is 2.39. The fourth-order valence-electron chi connectivity index (χ4n) is 1.81. The van der Waals surface area contributed by atoms with Crippen LogP contribution < -0.4 is 10.6 Å². The van der Waals surface area contributed by atoms with Gasteiger partial charge in [0.05, 0.1) is 10.6 Å². The first-order valence-electron chi connectivity index (χ1n) is 6.05. The van der Waals surface area contributed by atoms with Crippen molar-refractivity contribution in [1.29, 1.82) is 0 Å². The normalized spacial score (nSPS) is 12.4. The summed E-state index contributed by atoms with van der Waals surface area (Å²) in [4.78, 5) is 0. The molecule has 0 saturated carbocycles. The molecule has 2 aromatic carbocycles. The van der Waals surface area contributed by atoms with Gasteiger partial charge in [-0.1, -0.05) is 24.3 Å². The minimum atomic E-state index is -4.79. The number of benzene rings is 2. The van der Waals surface area contributed by atoms with Gasteiger partial charge >= 0.3 is 6.18 Å². The largest absolute Gasteiger partial charge is 0.412 e. The van der Waals surface area contributed by atoms with Gasteiger partial charge in [-0.25, -0.2) is 8.78 Å². The monoisotopic (exact) mass is 336 g/mol. The zero-order valence-corrected chi connectivity index (χ0v) is 11.9. The van der Waals surface area contributed by atoms with Crippen LogP contribution >= 0.6 is 7.37 Å². The van der Waals surface area contributed by atoms with Gasteiger partial charge in [0.15, 0.2) is 6.61 Å². The van der Waals surface area contributed by atoms with Gasteiger partial charge in [0.1, 0.15) is 11.6 Å². The summed E-state index contributed by atoms with van der Waals surface area (Å²) in [5, 5.41) is -1.21. The Morgan fingerprint density at radius 2 is 1.27 bits per heavy atom. The van der Waals surface area contributed by atoms with Crippen molar-refractivity contribution in [3.8, 4) is 0 Å². The fourth-order valence-corrected chi connectivity index (χ4v) is 3.96. The molecule has 0 unspecified atom stereocenters. The van der Waals surface area contributed by atoms with Crippen molar-refractivity contribution >= 4 is 18.0 Å². The Bertz CT molecular complexity index is 665. The summed E-state index contributed by atoms with van der Waals surface area (Å²) in [5.41, 5.74) is 0. The average molecular weight is 336 g/mol. The fraction of sp³-hybridized carbons (Fsp3) is 0.143. The second-order valence-electron chi connectivity index (χ2n) is 4.34. The second-order valence-corrected chi connectivity index (χ2v) is 6.67. The molecule has 0 saturated heterocycles. The summed E-state index contributed by atoms with van der Waals surface area (Å²) in [7, 11) is -4.57. The molecule has 2 nitrogen and oxygen atoms in total. The van der Waals surface area contributed by atoms with E-state index in [1.807, 2.05) is 0 Å². The maximum atomic E-state index is 13.9. The molecule has 118 valence electrons. The van der Waals surface area contributed by atoms with E-state index in [9.17, 15) is 26.5 Å². The molecule has 0 aliphatic heterocycles. The number of hydrogen-bond acceptors (Lipinski definition) is 2. The predicted molar refractivity (Wildman–Crippen MR) is 71.7 cm³/mol. The van der Waals surface area contributed by atoms with Gasteiger partial charge in [-0.3, -0.25) is 4.57 Å². The van der Waals surface area contributed by atoms with E-state index in [1.54, 1.807) is 0 Å². The predicted octanol–water partition coefficient (Wildman–Crippen LogP) is 3.77. The van der Waals surface area contributed by atoms with E-state index < -0.39 is 42.4 Å². The minimum absolute atomic E-state index is 0.607. The van der Waals surface area contributed by atoms with Crippen LogP contribution in [0.1, 0.15) is 0 Å². The molecule has 22 heavy (non-hydrogen) atoms. The lowest BCUT2D eigenvalue weighted by molar-refractivity contribution is -0.152. The van der Waals surface area contributed by atoms with Gasteiger partial charge in [0.2, 0.25) is 0 Å². The van der Waals surface area contributed by atoms with E-state index >= 15 is 0 Å². The summed E-state index contributed by atoms with van der Waals surface area (Å²) >= 11 is 0. The Morgan fingerprint density at radius 1 is 0.864 bits per heavy atom. The summed E-state index contributed by atoms with van der Waals surface area (Å²) in [5.74, 6) is -2.06. The average Bonchev–Trinajstić information content (AvgIpc) is 2.45. The first-order chi connectivity index (χ1) is 10.2. The number of halogens is 5. The Labute approximate surface area is 123 Å². The summed E-state index contributed by atoms with van der Waals surface area (Å²) in [6, 6.07) is 8.96. The topological polar surface area (TPSA) is 26.3 Å². The number of hydrogen-bond donors (Lipinski definition) is 0. The van der Waals surface area contributed by atoms with Gasteiger partial charge in [0.25, 0.3) is 7.37 Å². The van der Waals surface area contributed by atoms with Crippen LogP contribution in [0.3, 0.4) is 0 Å². The molecule has 2 aromatic rings. The van der Waals surface area contributed by atoms with Crippen molar-refractivity contribution in [3.05, 3.63) is 60.2 Å². The molecule has 0 radical (unpaired) electrons. The van der Waals surface area contributed by atoms with Crippen molar-refractivity contribution in [1.82, 2.24) is 0 Å². The Balaban J connectivity index is 2.58. The first kappa shape index (κ1) is 16.6. The molecule has 0 atom stereocenters. The lowest BCUT2D eigenvalue weighted by atomic mass is 10.3. The molecule has 0 aliphatic rings. The molecular weight excluding hydrogens is 326 g/mol. The van der Waals surface area contributed by atoms with Crippen LogP contribution in [0, 0.1) is 11.6 Å². The van der Waals surface area contributed by atoms with Gasteiger partial charge in [0, 0.05) is 0 Å². The van der Waals surface area contributed by atoms with Crippen LogP contribution in [0.15, 0.2) is 48.5 Å². The van der Waals surface area contributed by atoms with Crippen LogP contribution in [0.5, 0.6) is 0 Å². The van der Waals surface area contributed by atoms with Crippen LogP contribution in [-0.4, -0.2) is 12.8 Å². The van der Waals surface area contributed by atoms with E-state index in [0.717, 1.165) is 24.3 Å². The van der Waals surface area contributed by atoms with Gasteiger partial charge in [-0.2, -0.15) is 13.2 Å². The molecule has 0 N–H and O–H groups in total. The van der Waals surface area contributed by atoms with Crippen molar-refractivity contribution < 1.29 is 31.0 Å². The van der Waals surface area contributed by atoms with E-state index in [4.69, 9.17) is 0 Å². The third-order valence-corrected chi connectivity index (χ3v) is 5.24. The highest BCUT2D eigenvalue weighted by molar-refractivity contribution is 7.74.